The van der Waals surface area contributed by atoms with E-state index in [0.29, 0.717) is 5.76 Å². The molecule has 0 saturated heterocycles. The highest BCUT2D eigenvalue weighted by atomic mass is 16.4. The van der Waals surface area contributed by atoms with E-state index < -0.39 is 23.7 Å². The fourth-order valence-corrected chi connectivity index (χ4v) is 4.65. The van der Waals surface area contributed by atoms with Gasteiger partial charge in [-0.25, -0.2) is 0 Å². The lowest BCUT2D eigenvalue weighted by Crippen LogP contribution is -2.38. The Bertz CT molecular complexity index is 904. The summed E-state index contributed by atoms with van der Waals surface area (Å²) in [4.78, 5) is 37.1. The Balaban J connectivity index is 1.48. The van der Waals surface area contributed by atoms with Gasteiger partial charge in [0, 0.05) is 13.2 Å². The van der Waals surface area contributed by atoms with Crippen LogP contribution in [0.25, 0.3) is 0 Å². The van der Waals surface area contributed by atoms with E-state index in [1.54, 1.807) is 25.4 Å². The minimum absolute atomic E-state index is 0.0585. The van der Waals surface area contributed by atoms with E-state index in [9.17, 15) is 19.5 Å². The second-order valence-electron chi connectivity index (χ2n) is 7.54. The molecule has 4 atom stereocenters. The maximum Gasteiger partial charge on any atom is 0.307 e. The van der Waals surface area contributed by atoms with Crippen molar-refractivity contribution >= 4 is 23.5 Å². The minimum atomic E-state index is -0.921. The Labute approximate surface area is 161 Å². The minimum Gasteiger partial charge on any atom is -0.481 e. The summed E-state index contributed by atoms with van der Waals surface area (Å²) in [7, 11) is 1.65. The first-order valence-corrected chi connectivity index (χ1v) is 9.32. The van der Waals surface area contributed by atoms with Crippen LogP contribution in [0, 0.1) is 23.7 Å². The normalized spacial score (nSPS) is 25.6. The lowest BCUT2D eigenvalue weighted by Gasteiger charge is -2.26. The zero-order valence-corrected chi connectivity index (χ0v) is 15.4. The number of aryl methyl sites for hydroxylation is 1. The molecule has 0 radical (unpaired) electrons. The monoisotopic (exact) mass is 386 g/mol. The predicted molar refractivity (Wildman–Crippen MR) is 97.2 cm³/mol. The number of carbonyl (C=O) groups is 3. The van der Waals surface area contributed by atoms with Crippen molar-refractivity contribution in [2.24, 2.45) is 30.7 Å². The van der Waals surface area contributed by atoms with Gasteiger partial charge in [0.05, 0.1) is 30.3 Å². The van der Waals surface area contributed by atoms with Crippen molar-refractivity contribution in [1.82, 2.24) is 15.1 Å². The number of rotatable bonds is 6. The smallest absolute Gasteiger partial charge is 0.307 e. The first kappa shape index (κ1) is 18.3. The van der Waals surface area contributed by atoms with E-state index in [0.717, 1.165) is 19.3 Å². The van der Waals surface area contributed by atoms with E-state index in [-0.39, 0.29) is 35.7 Å². The molecule has 2 saturated carbocycles. The number of carbonyl (C=O) groups excluding carboxylic acids is 2. The van der Waals surface area contributed by atoms with Crippen LogP contribution in [0.1, 0.15) is 35.5 Å². The number of amides is 2. The summed E-state index contributed by atoms with van der Waals surface area (Å²) in [5, 5.41) is 19.1. The molecule has 2 bridgehead atoms. The van der Waals surface area contributed by atoms with Crippen molar-refractivity contribution in [2.75, 3.05) is 5.32 Å². The van der Waals surface area contributed by atoms with Gasteiger partial charge in [-0.2, -0.15) is 5.10 Å². The number of aromatic nitrogens is 2. The van der Waals surface area contributed by atoms with Crippen LogP contribution in [0.5, 0.6) is 0 Å². The summed E-state index contributed by atoms with van der Waals surface area (Å²) < 4.78 is 6.62. The SMILES string of the molecule is Cn1cc(NC(=O)C2C3CCC(C3)C2C(=O)O)c(C(=O)NCc2ccco2)n1. The Morgan fingerprint density at radius 3 is 2.71 bits per heavy atom. The number of hydrogen-bond acceptors (Lipinski definition) is 5. The van der Waals surface area contributed by atoms with E-state index in [4.69, 9.17) is 4.42 Å². The Morgan fingerprint density at radius 1 is 1.29 bits per heavy atom. The van der Waals surface area contributed by atoms with Crippen LogP contribution in [0.15, 0.2) is 29.0 Å². The molecule has 2 aromatic heterocycles. The van der Waals surface area contributed by atoms with Crippen molar-refractivity contribution in [3.63, 3.8) is 0 Å². The Kier molecular flexibility index (Phi) is 4.66. The van der Waals surface area contributed by atoms with Gasteiger partial charge in [0.25, 0.3) is 5.91 Å². The number of anilines is 1. The van der Waals surface area contributed by atoms with Gasteiger partial charge in [0.2, 0.25) is 5.91 Å². The molecule has 0 aliphatic heterocycles. The fraction of sp³-hybridized carbons (Fsp3) is 0.474. The molecule has 2 amide bonds. The number of fused-ring (bicyclic) bond motifs is 2. The highest BCUT2D eigenvalue weighted by molar-refractivity contribution is 6.03. The van der Waals surface area contributed by atoms with Gasteiger partial charge in [-0.1, -0.05) is 0 Å². The van der Waals surface area contributed by atoms with Gasteiger partial charge in [-0.05, 0) is 43.2 Å². The standard InChI is InChI=1S/C19H22N4O5/c1-23-9-13(16(22-23)18(25)20-8-12-3-2-6-28-12)21-17(24)14-10-4-5-11(7-10)15(14)19(26)27/h2-3,6,9-11,14-15H,4-5,7-8H2,1H3,(H,20,25)(H,21,24)(H,26,27). The lowest BCUT2D eigenvalue weighted by molar-refractivity contribution is -0.148. The summed E-state index contributed by atoms with van der Waals surface area (Å²) >= 11 is 0. The molecule has 9 nitrogen and oxygen atoms in total. The average molecular weight is 386 g/mol. The fourth-order valence-electron chi connectivity index (χ4n) is 4.65. The zero-order valence-electron chi connectivity index (χ0n) is 15.4. The molecule has 2 aliphatic carbocycles. The van der Waals surface area contributed by atoms with E-state index in [1.807, 2.05) is 0 Å². The molecule has 28 heavy (non-hydrogen) atoms. The number of nitrogens with zero attached hydrogens (tertiary/aromatic N) is 2. The number of aliphatic carboxylic acids is 1. The third-order valence-corrected chi connectivity index (χ3v) is 5.81. The van der Waals surface area contributed by atoms with Crippen LogP contribution < -0.4 is 10.6 Å². The van der Waals surface area contributed by atoms with E-state index >= 15 is 0 Å². The molecule has 2 heterocycles. The number of nitrogens with one attached hydrogen (secondary N) is 2. The molecule has 2 fully saturated rings. The molecule has 4 unspecified atom stereocenters. The van der Waals surface area contributed by atoms with Crippen LogP contribution in [0.4, 0.5) is 5.69 Å². The predicted octanol–water partition coefficient (Wildman–Crippen LogP) is 1.63. The molecular formula is C19H22N4O5. The summed E-state index contributed by atoms with van der Waals surface area (Å²) in [6.07, 6.45) is 5.57. The van der Waals surface area contributed by atoms with Gasteiger partial charge < -0.3 is 20.2 Å². The van der Waals surface area contributed by atoms with Crippen molar-refractivity contribution in [1.29, 1.82) is 0 Å². The van der Waals surface area contributed by atoms with Gasteiger partial charge >= 0.3 is 5.97 Å². The van der Waals surface area contributed by atoms with Crippen molar-refractivity contribution in [3.05, 3.63) is 36.0 Å². The van der Waals surface area contributed by atoms with E-state index in [1.165, 1.54) is 10.9 Å². The maximum absolute atomic E-state index is 12.9. The molecule has 4 rings (SSSR count). The van der Waals surface area contributed by atoms with Gasteiger partial charge in [0.15, 0.2) is 5.69 Å². The molecule has 3 N–H and O–H groups in total. The van der Waals surface area contributed by atoms with Crippen LogP contribution in [0.3, 0.4) is 0 Å². The molecule has 0 aromatic carbocycles. The summed E-state index contributed by atoms with van der Waals surface area (Å²) in [5.74, 6) is -2.22. The van der Waals surface area contributed by atoms with Gasteiger partial charge in [-0.15, -0.1) is 0 Å². The van der Waals surface area contributed by atoms with Gasteiger partial charge in [-0.3, -0.25) is 19.1 Å². The number of hydrogen-bond donors (Lipinski definition) is 3. The maximum atomic E-state index is 12.9. The van der Waals surface area contributed by atoms with Crippen molar-refractivity contribution in [2.45, 2.75) is 25.8 Å². The molecular weight excluding hydrogens is 364 g/mol. The number of carboxylic acids is 1. The van der Waals surface area contributed by atoms with Crippen LogP contribution in [-0.4, -0.2) is 32.7 Å². The second kappa shape index (κ2) is 7.14. The van der Waals surface area contributed by atoms with Crippen LogP contribution >= 0.6 is 0 Å². The molecule has 148 valence electrons. The topological polar surface area (TPSA) is 126 Å². The zero-order chi connectivity index (χ0) is 19.8. The van der Waals surface area contributed by atoms with Crippen LogP contribution in [-0.2, 0) is 23.2 Å². The first-order valence-electron chi connectivity index (χ1n) is 9.32. The second-order valence-corrected chi connectivity index (χ2v) is 7.54. The number of furan rings is 1. The third-order valence-electron chi connectivity index (χ3n) is 5.81. The molecule has 2 aromatic rings. The molecule has 0 spiro atoms. The third kappa shape index (κ3) is 3.28. The number of carboxylic acid groups (broad SMARTS) is 1. The van der Waals surface area contributed by atoms with Gasteiger partial charge in [0.1, 0.15) is 5.76 Å². The van der Waals surface area contributed by atoms with E-state index in [2.05, 4.69) is 15.7 Å². The molecule has 2 aliphatic rings. The summed E-state index contributed by atoms with van der Waals surface area (Å²) in [5.41, 5.74) is 0.355. The highest BCUT2D eigenvalue weighted by Gasteiger charge is 2.54. The van der Waals surface area contributed by atoms with Crippen LogP contribution in [0.2, 0.25) is 0 Å². The lowest BCUT2D eigenvalue weighted by atomic mass is 9.78. The summed E-state index contributed by atoms with van der Waals surface area (Å²) in [6, 6.07) is 3.46. The highest BCUT2D eigenvalue weighted by Crippen LogP contribution is 2.52. The Morgan fingerprint density at radius 2 is 2.04 bits per heavy atom. The van der Waals surface area contributed by atoms with Crippen molar-refractivity contribution in [3.8, 4) is 0 Å². The summed E-state index contributed by atoms with van der Waals surface area (Å²) in [6.45, 7) is 0.198. The largest absolute Gasteiger partial charge is 0.481 e. The Hall–Kier alpha value is -3.10. The first-order chi connectivity index (χ1) is 13.4. The molecule has 9 heteroatoms. The average Bonchev–Trinajstić information content (AvgIpc) is 3.43. The van der Waals surface area contributed by atoms with Crippen molar-refractivity contribution < 1.29 is 23.9 Å². The quantitative estimate of drug-likeness (QED) is 0.693.